The molecule has 0 bridgehead atoms. The number of amides is 1. The van der Waals surface area contributed by atoms with Crippen molar-refractivity contribution in [1.29, 1.82) is 0 Å². The lowest BCUT2D eigenvalue weighted by atomic mass is 9.72. The molecule has 2 rings (SSSR count). The molecule has 2 N–H and O–H groups in total. The van der Waals surface area contributed by atoms with Gasteiger partial charge in [0.25, 0.3) is 0 Å². The molecule has 1 aromatic rings. The number of hydrogen-bond acceptors (Lipinski definition) is 2. The van der Waals surface area contributed by atoms with Crippen molar-refractivity contribution in [2.75, 3.05) is 13.1 Å². The normalized spacial score (nSPS) is 22.2. The molecule has 24 heavy (non-hydrogen) atoms. The molecular weight excluding hydrogens is 341 g/mol. The van der Waals surface area contributed by atoms with Crippen LogP contribution in [0, 0.1) is 0 Å². The zero-order valence-electron chi connectivity index (χ0n) is 13.8. The zero-order valence-corrected chi connectivity index (χ0v) is 14.5. The summed E-state index contributed by atoms with van der Waals surface area (Å²) in [7, 11) is 0. The summed E-state index contributed by atoms with van der Waals surface area (Å²) in [5.74, 6) is -0.601. The summed E-state index contributed by atoms with van der Waals surface area (Å²) in [4.78, 5) is 12.4. The molecule has 0 aromatic heterocycles. The molecule has 0 spiro atoms. The smallest absolute Gasteiger partial charge is 0.342 e. The van der Waals surface area contributed by atoms with E-state index < -0.39 is 23.0 Å². The standard InChI is InChI=1S/C17H22ClF3N2O/c1-15(2,17(19,20)21)23-14(24)10-16(8-3-9-22-11-16)12-4-6-13(18)7-5-12/h4-7,22H,3,8-11H2,1-2H3,(H,23,24)/t16-/m1/s1. The minimum Gasteiger partial charge on any atom is -0.342 e. The van der Waals surface area contributed by atoms with E-state index in [0.29, 0.717) is 11.6 Å². The van der Waals surface area contributed by atoms with Crippen LogP contribution in [0.1, 0.15) is 38.7 Å². The van der Waals surface area contributed by atoms with E-state index in [2.05, 4.69) is 10.6 Å². The van der Waals surface area contributed by atoms with E-state index in [9.17, 15) is 18.0 Å². The van der Waals surface area contributed by atoms with Gasteiger partial charge < -0.3 is 10.6 Å². The van der Waals surface area contributed by atoms with Gasteiger partial charge in [0.05, 0.1) is 0 Å². The molecule has 0 aliphatic carbocycles. The van der Waals surface area contributed by atoms with Gasteiger partial charge in [-0.05, 0) is 50.9 Å². The van der Waals surface area contributed by atoms with Gasteiger partial charge in [0.1, 0.15) is 5.54 Å². The molecule has 1 aromatic carbocycles. The third-order valence-corrected chi connectivity index (χ3v) is 4.84. The molecule has 7 heteroatoms. The number of hydrogen-bond donors (Lipinski definition) is 2. The average molecular weight is 363 g/mol. The van der Waals surface area contributed by atoms with Gasteiger partial charge in [-0.1, -0.05) is 23.7 Å². The number of carbonyl (C=O) groups is 1. The Bertz CT molecular complexity index is 578. The van der Waals surface area contributed by atoms with E-state index in [0.717, 1.165) is 38.8 Å². The fourth-order valence-electron chi connectivity index (χ4n) is 3.04. The molecule has 1 aliphatic heterocycles. The molecule has 1 saturated heterocycles. The van der Waals surface area contributed by atoms with Crippen molar-refractivity contribution < 1.29 is 18.0 Å². The summed E-state index contributed by atoms with van der Waals surface area (Å²) < 4.78 is 39.0. The Kier molecular flexibility index (Phi) is 5.50. The van der Waals surface area contributed by atoms with E-state index >= 15 is 0 Å². The predicted octanol–water partition coefficient (Wildman–Crippen LogP) is 3.81. The molecule has 1 atom stereocenters. The maximum atomic E-state index is 13.0. The van der Waals surface area contributed by atoms with Crippen LogP contribution in [0.5, 0.6) is 0 Å². The maximum Gasteiger partial charge on any atom is 0.410 e. The van der Waals surface area contributed by atoms with Gasteiger partial charge in [-0.15, -0.1) is 0 Å². The lowest BCUT2D eigenvalue weighted by Gasteiger charge is -2.39. The summed E-state index contributed by atoms with van der Waals surface area (Å²) in [6.07, 6.45) is -2.90. The second-order valence-electron chi connectivity index (χ2n) is 6.92. The Hall–Kier alpha value is -1.27. The number of piperidine rings is 1. The highest BCUT2D eigenvalue weighted by Crippen LogP contribution is 2.36. The highest BCUT2D eigenvalue weighted by Gasteiger charge is 2.49. The Morgan fingerprint density at radius 2 is 1.92 bits per heavy atom. The van der Waals surface area contributed by atoms with Gasteiger partial charge in [0.15, 0.2) is 0 Å². The van der Waals surface area contributed by atoms with Crippen LogP contribution in [0.25, 0.3) is 0 Å². The average Bonchev–Trinajstić information content (AvgIpc) is 2.46. The van der Waals surface area contributed by atoms with E-state index in [1.54, 1.807) is 12.1 Å². The van der Waals surface area contributed by atoms with E-state index in [1.807, 2.05) is 12.1 Å². The van der Waals surface area contributed by atoms with Gasteiger partial charge in [-0.2, -0.15) is 13.2 Å². The minimum atomic E-state index is -4.50. The van der Waals surface area contributed by atoms with Gasteiger partial charge in [-0.25, -0.2) is 0 Å². The number of alkyl halides is 3. The zero-order chi connectivity index (χ0) is 18.0. The van der Waals surface area contributed by atoms with Crippen molar-refractivity contribution in [3.05, 3.63) is 34.9 Å². The van der Waals surface area contributed by atoms with E-state index in [4.69, 9.17) is 11.6 Å². The number of benzene rings is 1. The molecule has 1 fully saturated rings. The first-order chi connectivity index (χ1) is 11.1. The summed E-state index contributed by atoms with van der Waals surface area (Å²) in [6.45, 7) is 3.33. The summed E-state index contributed by atoms with van der Waals surface area (Å²) >= 11 is 5.92. The lowest BCUT2D eigenvalue weighted by Crippen LogP contribution is -2.56. The van der Waals surface area contributed by atoms with Crippen molar-refractivity contribution in [2.24, 2.45) is 0 Å². The van der Waals surface area contributed by atoms with Crippen LogP contribution in [-0.2, 0) is 10.2 Å². The van der Waals surface area contributed by atoms with Crippen LogP contribution >= 0.6 is 11.6 Å². The Morgan fingerprint density at radius 1 is 1.29 bits per heavy atom. The van der Waals surface area contributed by atoms with Crippen LogP contribution in [0.15, 0.2) is 24.3 Å². The van der Waals surface area contributed by atoms with Gasteiger partial charge >= 0.3 is 6.18 Å². The van der Waals surface area contributed by atoms with Crippen LogP contribution in [-0.4, -0.2) is 30.7 Å². The first-order valence-corrected chi connectivity index (χ1v) is 8.28. The molecule has 0 radical (unpaired) electrons. The third-order valence-electron chi connectivity index (χ3n) is 4.59. The fraction of sp³-hybridized carbons (Fsp3) is 0.588. The monoisotopic (exact) mass is 362 g/mol. The number of nitrogens with one attached hydrogen (secondary N) is 2. The van der Waals surface area contributed by atoms with Crippen molar-refractivity contribution in [3.8, 4) is 0 Å². The summed E-state index contributed by atoms with van der Waals surface area (Å²) in [6, 6.07) is 7.17. The number of halogens is 4. The van der Waals surface area contributed by atoms with E-state index in [1.165, 1.54) is 0 Å². The quantitative estimate of drug-likeness (QED) is 0.855. The minimum absolute atomic E-state index is 0.00113. The molecule has 1 amide bonds. The van der Waals surface area contributed by atoms with Crippen LogP contribution in [0.4, 0.5) is 13.2 Å². The number of carbonyl (C=O) groups excluding carboxylic acids is 1. The molecule has 0 unspecified atom stereocenters. The molecule has 3 nitrogen and oxygen atoms in total. The molecule has 134 valence electrons. The van der Waals surface area contributed by atoms with Gasteiger partial charge in [-0.3, -0.25) is 4.79 Å². The Morgan fingerprint density at radius 3 is 2.42 bits per heavy atom. The molecular formula is C17H22ClF3N2O. The predicted molar refractivity (Wildman–Crippen MR) is 88.1 cm³/mol. The second kappa shape index (κ2) is 6.92. The van der Waals surface area contributed by atoms with Crippen molar-refractivity contribution in [1.82, 2.24) is 10.6 Å². The summed E-state index contributed by atoms with van der Waals surface area (Å²) in [5.41, 5.74) is -1.86. The summed E-state index contributed by atoms with van der Waals surface area (Å²) in [5, 5.41) is 5.97. The third kappa shape index (κ3) is 4.22. The van der Waals surface area contributed by atoms with Crippen LogP contribution in [0.2, 0.25) is 5.02 Å². The first-order valence-electron chi connectivity index (χ1n) is 7.90. The van der Waals surface area contributed by atoms with Crippen LogP contribution < -0.4 is 10.6 Å². The largest absolute Gasteiger partial charge is 0.410 e. The van der Waals surface area contributed by atoms with Crippen molar-refractivity contribution in [2.45, 2.75) is 50.2 Å². The Balaban J connectivity index is 2.20. The topological polar surface area (TPSA) is 41.1 Å². The molecule has 1 aliphatic rings. The molecule has 1 heterocycles. The fourth-order valence-corrected chi connectivity index (χ4v) is 3.17. The number of rotatable bonds is 4. The van der Waals surface area contributed by atoms with Gasteiger partial charge in [0, 0.05) is 23.4 Å². The Labute approximate surface area is 145 Å². The lowest BCUT2D eigenvalue weighted by molar-refractivity contribution is -0.188. The highest BCUT2D eigenvalue weighted by molar-refractivity contribution is 6.30. The van der Waals surface area contributed by atoms with Crippen LogP contribution in [0.3, 0.4) is 0 Å². The van der Waals surface area contributed by atoms with E-state index in [-0.39, 0.29) is 6.42 Å². The molecule has 0 saturated carbocycles. The maximum absolute atomic E-state index is 13.0. The second-order valence-corrected chi connectivity index (χ2v) is 7.35. The first kappa shape index (κ1) is 19.1. The SMILES string of the molecule is CC(C)(NC(=O)C[C@]1(c2ccc(Cl)cc2)CCCNC1)C(F)(F)F. The van der Waals surface area contributed by atoms with Crippen molar-refractivity contribution >= 4 is 17.5 Å². The van der Waals surface area contributed by atoms with Gasteiger partial charge in [0.2, 0.25) is 5.91 Å². The van der Waals surface area contributed by atoms with Crippen molar-refractivity contribution in [3.63, 3.8) is 0 Å². The highest BCUT2D eigenvalue weighted by atomic mass is 35.5.